The zero-order valence-electron chi connectivity index (χ0n) is 12.9. The molecule has 0 radical (unpaired) electrons. The quantitative estimate of drug-likeness (QED) is 0.807. The van der Waals surface area contributed by atoms with Gasteiger partial charge in [-0.15, -0.1) is 0 Å². The lowest BCUT2D eigenvalue weighted by Gasteiger charge is -2.17. The molecule has 2 aromatic carbocycles. The average molecular weight is 311 g/mol. The fourth-order valence-electron chi connectivity index (χ4n) is 2.91. The second kappa shape index (κ2) is 6.73. The molecule has 0 saturated heterocycles. The number of halogens is 1. The van der Waals surface area contributed by atoms with Gasteiger partial charge in [0.2, 0.25) is 0 Å². The molecule has 0 aromatic heterocycles. The van der Waals surface area contributed by atoms with Crippen molar-refractivity contribution in [3.8, 4) is 0 Å². The van der Waals surface area contributed by atoms with E-state index in [0.29, 0.717) is 13.0 Å². The first kappa shape index (κ1) is 15.4. The summed E-state index contributed by atoms with van der Waals surface area (Å²) < 4.78 is 18.3. The van der Waals surface area contributed by atoms with Crippen molar-refractivity contribution in [2.24, 2.45) is 4.99 Å². The molecule has 1 aliphatic heterocycles. The fraction of sp³-hybridized carbons (Fsp3) is 0.263. The maximum atomic E-state index is 13.2. The Morgan fingerprint density at radius 1 is 1.17 bits per heavy atom. The molecule has 4 heteroatoms. The van der Waals surface area contributed by atoms with Crippen LogP contribution < -0.4 is 0 Å². The summed E-state index contributed by atoms with van der Waals surface area (Å²) in [6, 6.07) is 15.5. The van der Waals surface area contributed by atoms with Crippen LogP contribution in [-0.4, -0.2) is 24.3 Å². The van der Waals surface area contributed by atoms with Crippen molar-refractivity contribution in [2.45, 2.75) is 25.3 Å². The molecule has 0 spiro atoms. The van der Waals surface area contributed by atoms with Crippen molar-refractivity contribution < 1.29 is 13.9 Å². The normalized spacial score (nSPS) is 20.2. The molecular weight excluding hydrogens is 293 g/mol. The smallest absolute Gasteiger partial charge is 0.331 e. The Kier molecular flexibility index (Phi) is 4.51. The van der Waals surface area contributed by atoms with Crippen LogP contribution in [0.25, 0.3) is 0 Å². The lowest BCUT2D eigenvalue weighted by molar-refractivity contribution is -0.144. The van der Waals surface area contributed by atoms with E-state index in [1.165, 1.54) is 12.1 Å². The van der Waals surface area contributed by atoms with Crippen LogP contribution in [0.1, 0.15) is 30.4 Å². The van der Waals surface area contributed by atoms with E-state index in [2.05, 4.69) is 4.99 Å². The number of carbonyl (C=O) groups is 1. The van der Waals surface area contributed by atoms with Gasteiger partial charge < -0.3 is 4.74 Å². The van der Waals surface area contributed by atoms with Gasteiger partial charge in [0.05, 0.1) is 6.61 Å². The number of carbonyl (C=O) groups excluding carboxylic acids is 1. The second-order valence-corrected chi connectivity index (χ2v) is 5.50. The van der Waals surface area contributed by atoms with Crippen LogP contribution in [0.15, 0.2) is 59.6 Å². The van der Waals surface area contributed by atoms with Gasteiger partial charge in [0.15, 0.2) is 6.04 Å². The van der Waals surface area contributed by atoms with E-state index in [-0.39, 0.29) is 17.7 Å². The van der Waals surface area contributed by atoms with Gasteiger partial charge in [-0.1, -0.05) is 42.5 Å². The first-order chi connectivity index (χ1) is 11.2. The summed E-state index contributed by atoms with van der Waals surface area (Å²) in [7, 11) is 0. The van der Waals surface area contributed by atoms with Crippen LogP contribution in [-0.2, 0) is 9.53 Å². The summed E-state index contributed by atoms with van der Waals surface area (Å²) in [5, 5.41) is 0. The standard InChI is InChI=1S/C19H18FNO2/c1-2-23-19(22)18-16(13-8-10-15(20)11-9-13)12-17(21-18)14-6-4-3-5-7-14/h3-11,16,18H,2,12H2,1H3/t16-,18+/m1/s1. The molecule has 118 valence electrons. The van der Waals surface area contributed by atoms with Gasteiger partial charge in [0.1, 0.15) is 5.82 Å². The van der Waals surface area contributed by atoms with Crippen molar-refractivity contribution in [1.82, 2.24) is 0 Å². The third kappa shape index (κ3) is 3.31. The number of hydrogen-bond acceptors (Lipinski definition) is 3. The number of rotatable bonds is 4. The zero-order chi connectivity index (χ0) is 16.2. The van der Waals surface area contributed by atoms with Crippen LogP contribution in [0.4, 0.5) is 4.39 Å². The van der Waals surface area contributed by atoms with E-state index in [4.69, 9.17) is 4.74 Å². The first-order valence-electron chi connectivity index (χ1n) is 7.73. The molecule has 0 bridgehead atoms. The third-order valence-electron chi connectivity index (χ3n) is 4.02. The third-order valence-corrected chi connectivity index (χ3v) is 4.02. The highest BCUT2D eigenvalue weighted by Crippen LogP contribution is 2.34. The summed E-state index contributed by atoms with van der Waals surface area (Å²) in [6.45, 7) is 2.10. The zero-order valence-corrected chi connectivity index (χ0v) is 12.9. The van der Waals surface area contributed by atoms with Gasteiger partial charge in [-0.2, -0.15) is 0 Å². The Balaban J connectivity index is 1.92. The van der Waals surface area contributed by atoms with Crippen LogP contribution in [0.5, 0.6) is 0 Å². The molecule has 0 unspecified atom stereocenters. The van der Waals surface area contributed by atoms with E-state index < -0.39 is 6.04 Å². The highest BCUT2D eigenvalue weighted by Gasteiger charge is 2.37. The molecule has 0 N–H and O–H groups in total. The van der Waals surface area contributed by atoms with Crippen LogP contribution in [0.3, 0.4) is 0 Å². The molecule has 0 amide bonds. The number of esters is 1. The van der Waals surface area contributed by atoms with E-state index >= 15 is 0 Å². The summed E-state index contributed by atoms with van der Waals surface area (Å²) in [5.74, 6) is -0.735. The topological polar surface area (TPSA) is 38.7 Å². The number of nitrogens with zero attached hydrogens (tertiary/aromatic N) is 1. The molecule has 1 heterocycles. The average Bonchev–Trinajstić information content (AvgIpc) is 3.02. The van der Waals surface area contributed by atoms with Crippen molar-refractivity contribution in [3.63, 3.8) is 0 Å². The molecule has 1 aliphatic rings. The largest absolute Gasteiger partial charge is 0.464 e. The fourth-order valence-corrected chi connectivity index (χ4v) is 2.91. The Morgan fingerprint density at radius 3 is 2.52 bits per heavy atom. The number of benzene rings is 2. The van der Waals surface area contributed by atoms with Gasteiger partial charge in [0.25, 0.3) is 0 Å². The lowest BCUT2D eigenvalue weighted by atomic mass is 9.89. The van der Waals surface area contributed by atoms with Crippen molar-refractivity contribution in [1.29, 1.82) is 0 Å². The van der Waals surface area contributed by atoms with Gasteiger partial charge >= 0.3 is 5.97 Å². The minimum atomic E-state index is -0.574. The molecule has 0 fully saturated rings. The van der Waals surface area contributed by atoms with Crippen molar-refractivity contribution in [3.05, 3.63) is 71.5 Å². The van der Waals surface area contributed by atoms with E-state index in [1.54, 1.807) is 19.1 Å². The Morgan fingerprint density at radius 2 is 1.87 bits per heavy atom. The predicted octanol–water partition coefficient (Wildman–Crippen LogP) is 3.73. The second-order valence-electron chi connectivity index (χ2n) is 5.50. The SMILES string of the molecule is CCOC(=O)[C@H]1N=C(c2ccccc2)C[C@@H]1c1ccc(F)cc1. The van der Waals surface area contributed by atoms with Crippen molar-refractivity contribution >= 4 is 11.7 Å². The molecular formula is C19H18FNO2. The Bertz CT molecular complexity index is 710. The molecule has 3 nitrogen and oxygen atoms in total. The highest BCUT2D eigenvalue weighted by atomic mass is 19.1. The number of ether oxygens (including phenoxy) is 1. The van der Waals surface area contributed by atoms with Crippen LogP contribution in [0, 0.1) is 5.82 Å². The van der Waals surface area contributed by atoms with E-state index in [0.717, 1.165) is 16.8 Å². The minimum Gasteiger partial charge on any atom is -0.464 e. The van der Waals surface area contributed by atoms with Gasteiger partial charge in [0, 0.05) is 11.6 Å². The van der Waals surface area contributed by atoms with Crippen molar-refractivity contribution in [2.75, 3.05) is 6.61 Å². The molecule has 2 atom stereocenters. The monoisotopic (exact) mass is 311 g/mol. The van der Waals surface area contributed by atoms with Gasteiger partial charge in [-0.25, -0.2) is 9.18 Å². The van der Waals surface area contributed by atoms with Crippen LogP contribution in [0.2, 0.25) is 0 Å². The summed E-state index contributed by atoms with van der Waals surface area (Å²) in [5.41, 5.74) is 2.79. The Hall–Kier alpha value is -2.49. The molecule has 0 saturated carbocycles. The van der Waals surface area contributed by atoms with E-state index in [1.807, 2.05) is 30.3 Å². The number of hydrogen-bond donors (Lipinski definition) is 0. The Labute approximate surface area is 134 Å². The minimum absolute atomic E-state index is 0.121. The highest BCUT2D eigenvalue weighted by molar-refractivity contribution is 6.04. The molecule has 0 aliphatic carbocycles. The van der Waals surface area contributed by atoms with Gasteiger partial charge in [-0.3, -0.25) is 4.99 Å². The maximum absolute atomic E-state index is 13.2. The summed E-state index contributed by atoms with van der Waals surface area (Å²) in [4.78, 5) is 16.9. The summed E-state index contributed by atoms with van der Waals surface area (Å²) >= 11 is 0. The predicted molar refractivity (Wildman–Crippen MR) is 87.2 cm³/mol. The summed E-state index contributed by atoms with van der Waals surface area (Å²) in [6.07, 6.45) is 0.638. The van der Waals surface area contributed by atoms with E-state index in [9.17, 15) is 9.18 Å². The lowest BCUT2D eigenvalue weighted by Crippen LogP contribution is -2.25. The number of aliphatic imine (C=N–C) groups is 1. The maximum Gasteiger partial charge on any atom is 0.331 e. The van der Waals surface area contributed by atoms with Crippen LogP contribution >= 0.6 is 0 Å². The molecule has 3 rings (SSSR count). The molecule has 2 aromatic rings. The molecule has 23 heavy (non-hydrogen) atoms. The van der Waals surface area contributed by atoms with Gasteiger partial charge in [-0.05, 0) is 36.6 Å². The first-order valence-corrected chi connectivity index (χ1v) is 7.73.